The van der Waals surface area contributed by atoms with E-state index in [-0.39, 0.29) is 5.91 Å². The molecule has 0 aliphatic rings. The average Bonchev–Trinajstić information content (AvgIpc) is 2.12. The maximum absolute atomic E-state index is 11.2. The quantitative estimate of drug-likeness (QED) is 0.749. The summed E-state index contributed by atoms with van der Waals surface area (Å²) in [4.78, 5) is 11.2. The second kappa shape index (κ2) is 4.91. The van der Waals surface area contributed by atoms with E-state index in [0.717, 1.165) is 11.3 Å². The minimum Gasteiger partial charge on any atom is -0.398 e. The van der Waals surface area contributed by atoms with Crippen LogP contribution < -0.4 is 11.1 Å². The molecule has 0 aromatic heterocycles. The van der Waals surface area contributed by atoms with Gasteiger partial charge in [-0.05, 0) is 30.9 Å². The molecule has 14 heavy (non-hydrogen) atoms. The van der Waals surface area contributed by atoms with Crippen molar-refractivity contribution in [1.82, 2.24) is 0 Å². The zero-order valence-electron chi connectivity index (χ0n) is 8.33. The third-order valence-electron chi connectivity index (χ3n) is 1.84. The van der Waals surface area contributed by atoms with Crippen molar-refractivity contribution in [1.29, 1.82) is 0 Å². The van der Waals surface area contributed by atoms with Crippen LogP contribution in [0.1, 0.15) is 5.56 Å². The molecule has 3 nitrogen and oxygen atoms in total. The SMILES string of the molecule is CSCC(=O)Nc1ccc(C)c(N)c1. The molecule has 0 fully saturated rings. The number of carbonyl (C=O) groups excluding carboxylic acids is 1. The molecular weight excluding hydrogens is 196 g/mol. The third kappa shape index (κ3) is 2.96. The first-order chi connectivity index (χ1) is 6.63. The van der Waals surface area contributed by atoms with E-state index in [0.29, 0.717) is 11.4 Å². The van der Waals surface area contributed by atoms with Crippen LogP contribution in [0.2, 0.25) is 0 Å². The smallest absolute Gasteiger partial charge is 0.234 e. The Labute approximate surface area is 88.1 Å². The van der Waals surface area contributed by atoms with Crippen molar-refractivity contribution in [3.05, 3.63) is 23.8 Å². The van der Waals surface area contributed by atoms with Gasteiger partial charge >= 0.3 is 0 Å². The van der Waals surface area contributed by atoms with Crippen LogP contribution in [0.5, 0.6) is 0 Å². The Kier molecular flexibility index (Phi) is 3.83. The van der Waals surface area contributed by atoms with Crippen molar-refractivity contribution in [3.63, 3.8) is 0 Å². The highest BCUT2D eigenvalue weighted by Gasteiger charge is 2.01. The minimum absolute atomic E-state index is 0.000697. The van der Waals surface area contributed by atoms with Gasteiger partial charge in [0.15, 0.2) is 0 Å². The monoisotopic (exact) mass is 210 g/mol. The number of nitrogen functional groups attached to an aromatic ring is 1. The molecule has 1 rings (SSSR count). The highest BCUT2D eigenvalue weighted by atomic mass is 32.2. The van der Waals surface area contributed by atoms with Crippen LogP contribution in [-0.4, -0.2) is 17.9 Å². The molecular formula is C10H14N2OS. The summed E-state index contributed by atoms with van der Waals surface area (Å²) < 4.78 is 0. The second-order valence-corrected chi connectivity index (χ2v) is 3.92. The van der Waals surface area contributed by atoms with Gasteiger partial charge in [0.1, 0.15) is 0 Å². The van der Waals surface area contributed by atoms with Crippen molar-refractivity contribution < 1.29 is 4.79 Å². The molecule has 1 aromatic carbocycles. The van der Waals surface area contributed by atoms with Gasteiger partial charge in [-0.3, -0.25) is 4.79 Å². The summed E-state index contributed by atoms with van der Waals surface area (Å²) in [7, 11) is 0. The summed E-state index contributed by atoms with van der Waals surface area (Å²) in [5.74, 6) is 0.467. The Balaban J connectivity index is 2.68. The lowest BCUT2D eigenvalue weighted by Gasteiger charge is -2.06. The minimum atomic E-state index is 0.000697. The van der Waals surface area contributed by atoms with Crippen molar-refractivity contribution in [2.24, 2.45) is 0 Å². The van der Waals surface area contributed by atoms with Crippen molar-refractivity contribution in [3.8, 4) is 0 Å². The largest absolute Gasteiger partial charge is 0.398 e. The molecule has 0 unspecified atom stereocenters. The lowest BCUT2D eigenvalue weighted by Crippen LogP contribution is -2.13. The molecule has 0 saturated carbocycles. The van der Waals surface area contributed by atoms with E-state index in [2.05, 4.69) is 5.32 Å². The number of carbonyl (C=O) groups is 1. The lowest BCUT2D eigenvalue weighted by molar-refractivity contribution is -0.113. The van der Waals surface area contributed by atoms with Crippen LogP contribution in [0.15, 0.2) is 18.2 Å². The van der Waals surface area contributed by atoms with Gasteiger partial charge in [-0.15, -0.1) is 0 Å². The van der Waals surface area contributed by atoms with E-state index in [1.54, 1.807) is 6.07 Å². The normalized spacial score (nSPS) is 9.86. The average molecular weight is 210 g/mol. The molecule has 0 bridgehead atoms. The summed E-state index contributed by atoms with van der Waals surface area (Å²) in [5.41, 5.74) is 8.19. The molecule has 0 atom stereocenters. The summed E-state index contributed by atoms with van der Waals surface area (Å²) in [5, 5.41) is 2.77. The molecule has 0 aliphatic heterocycles. The summed E-state index contributed by atoms with van der Waals surface area (Å²) in [6.45, 7) is 1.93. The van der Waals surface area contributed by atoms with Crippen LogP contribution in [0.4, 0.5) is 11.4 Å². The van der Waals surface area contributed by atoms with Gasteiger partial charge in [0.25, 0.3) is 0 Å². The van der Waals surface area contributed by atoms with Gasteiger partial charge in [0.2, 0.25) is 5.91 Å². The molecule has 1 amide bonds. The Morgan fingerprint density at radius 3 is 2.86 bits per heavy atom. The molecule has 4 heteroatoms. The number of anilines is 2. The van der Waals surface area contributed by atoms with Gasteiger partial charge in [-0.1, -0.05) is 6.07 Å². The van der Waals surface area contributed by atoms with Gasteiger partial charge < -0.3 is 11.1 Å². The standard InChI is InChI=1S/C10H14N2OS/c1-7-3-4-8(5-9(7)11)12-10(13)6-14-2/h3-5H,6,11H2,1-2H3,(H,12,13). The number of aryl methyl sites for hydroxylation is 1. The topological polar surface area (TPSA) is 55.1 Å². The molecule has 0 aliphatic carbocycles. The van der Waals surface area contributed by atoms with Crippen LogP contribution in [0.25, 0.3) is 0 Å². The summed E-state index contributed by atoms with van der Waals surface area (Å²) in [6.07, 6.45) is 1.89. The van der Waals surface area contributed by atoms with E-state index in [4.69, 9.17) is 5.73 Å². The fraction of sp³-hybridized carbons (Fsp3) is 0.300. The maximum Gasteiger partial charge on any atom is 0.234 e. The van der Waals surface area contributed by atoms with Gasteiger partial charge in [-0.2, -0.15) is 11.8 Å². The van der Waals surface area contributed by atoms with Gasteiger partial charge in [0.05, 0.1) is 5.75 Å². The Morgan fingerprint density at radius 1 is 1.57 bits per heavy atom. The number of rotatable bonds is 3. The Morgan fingerprint density at radius 2 is 2.29 bits per heavy atom. The van der Waals surface area contributed by atoms with E-state index >= 15 is 0 Å². The highest BCUT2D eigenvalue weighted by Crippen LogP contribution is 2.16. The van der Waals surface area contributed by atoms with Gasteiger partial charge in [0, 0.05) is 11.4 Å². The number of thioether (sulfide) groups is 1. The molecule has 0 radical (unpaired) electrons. The van der Waals surface area contributed by atoms with E-state index < -0.39 is 0 Å². The Bertz CT molecular complexity index is 339. The predicted octanol–water partition coefficient (Wildman–Crippen LogP) is 1.88. The Hall–Kier alpha value is -1.16. The number of nitrogens with two attached hydrogens (primary N) is 1. The first kappa shape index (κ1) is 10.9. The van der Waals surface area contributed by atoms with Crippen molar-refractivity contribution >= 4 is 29.0 Å². The van der Waals surface area contributed by atoms with Crippen molar-refractivity contribution in [2.45, 2.75) is 6.92 Å². The van der Waals surface area contributed by atoms with Crippen LogP contribution in [0, 0.1) is 6.92 Å². The second-order valence-electron chi connectivity index (χ2n) is 3.05. The number of benzene rings is 1. The first-order valence-corrected chi connectivity index (χ1v) is 5.68. The number of amides is 1. The number of nitrogens with one attached hydrogen (secondary N) is 1. The van der Waals surface area contributed by atoms with E-state index in [9.17, 15) is 4.79 Å². The van der Waals surface area contributed by atoms with Crippen molar-refractivity contribution in [2.75, 3.05) is 23.1 Å². The molecule has 76 valence electrons. The third-order valence-corrected chi connectivity index (χ3v) is 2.39. The van der Waals surface area contributed by atoms with Gasteiger partial charge in [-0.25, -0.2) is 0 Å². The molecule has 0 spiro atoms. The fourth-order valence-electron chi connectivity index (χ4n) is 1.05. The molecule has 0 heterocycles. The van der Waals surface area contributed by atoms with Crippen LogP contribution >= 0.6 is 11.8 Å². The number of hydrogen-bond acceptors (Lipinski definition) is 3. The highest BCUT2D eigenvalue weighted by molar-refractivity contribution is 7.99. The predicted molar refractivity (Wildman–Crippen MR) is 62.6 cm³/mol. The molecule has 3 N–H and O–H groups in total. The zero-order chi connectivity index (χ0) is 10.6. The summed E-state index contributed by atoms with van der Waals surface area (Å²) >= 11 is 1.49. The zero-order valence-corrected chi connectivity index (χ0v) is 9.15. The lowest BCUT2D eigenvalue weighted by atomic mass is 10.2. The summed E-state index contributed by atoms with van der Waals surface area (Å²) in [6, 6.07) is 5.52. The first-order valence-electron chi connectivity index (χ1n) is 4.28. The van der Waals surface area contributed by atoms with Crippen LogP contribution in [-0.2, 0) is 4.79 Å². The molecule has 1 aromatic rings. The number of hydrogen-bond donors (Lipinski definition) is 2. The maximum atomic E-state index is 11.2. The fourth-order valence-corrected chi connectivity index (χ4v) is 1.38. The molecule has 0 saturated heterocycles. The van der Waals surface area contributed by atoms with Crippen LogP contribution in [0.3, 0.4) is 0 Å². The van der Waals surface area contributed by atoms with E-state index in [1.165, 1.54) is 11.8 Å². The van der Waals surface area contributed by atoms with E-state index in [1.807, 2.05) is 25.3 Å².